The summed E-state index contributed by atoms with van der Waals surface area (Å²) in [5, 5.41) is 8.52. The van der Waals surface area contributed by atoms with Crippen molar-refractivity contribution in [3.8, 4) is 0 Å². The molecular formula is C21H22N4O4. The molecule has 0 bridgehead atoms. The molecule has 0 radical (unpaired) electrons. The lowest BCUT2D eigenvalue weighted by molar-refractivity contribution is -0.119. The molecule has 1 heterocycles. The van der Waals surface area contributed by atoms with Gasteiger partial charge >= 0.3 is 5.97 Å². The Bertz CT molecular complexity index is 1000. The number of methoxy groups -OCH3 is 1. The number of anilines is 2. The Morgan fingerprint density at radius 1 is 1.17 bits per heavy atom. The first-order valence-corrected chi connectivity index (χ1v) is 9.03. The van der Waals surface area contributed by atoms with Crippen molar-refractivity contribution in [3.63, 3.8) is 0 Å². The minimum atomic E-state index is -0.747. The Balaban J connectivity index is 1.87. The van der Waals surface area contributed by atoms with E-state index in [9.17, 15) is 14.4 Å². The monoisotopic (exact) mass is 394 g/mol. The van der Waals surface area contributed by atoms with E-state index in [4.69, 9.17) is 10.5 Å². The van der Waals surface area contributed by atoms with Crippen molar-refractivity contribution in [2.75, 3.05) is 17.4 Å². The molecule has 29 heavy (non-hydrogen) atoms. The zero-order valence-corrected chi connectivity index (χ0v) is 16.4. The van der Waals surface area contributed by atoms with E-state index >= 15 is 0 Å². The number of nitrogens with two attached hydrogens (primary N) is 1. The summed E-state index contributed by atoms with van der Waals surface area (Å²) in [4.78, 5) is 36.6. The number of para-hydroxylation sites is 1. The van der Waals surface area contributed by atoms with E-state index in [1.807, 2.05) is 32.0 Å². The number of amides is 2. The van der Waals surface area contributed by atoms with E-state index in [1.165, 1.54) is 12.1 Å². The zero-order valence-electron chi connectivity index (χ0n) is 16.4. The number of nitrogens with zero attached hydrogens (tertiary/aromatic N) is 2. The number of nitrogens with one attached hydrogen (secondary N) is 1. The Hall–Kier alpha value is -3.68. The maximum absolute atomic E-state index is 12.8. The van der Waals surface area contributed by atoms with Crippen molar-refractivity contribution in [1.29, 1.82) is 0 Å². The Morgan fingerprint density at radius 3 is 2.48 bits per heavy atom. The van der Waals surface area contributed by atoms with Gasteiger partial charge in [0.05, 0.1) is 18.4 Å². The fraction of sp³-hybridized carbons (Fsp3) is 0.238. The van der Waals surface area contributed by atoms with E-state index in [0.29, 0.717) is 16.9 Å². The number of rotatable bonds is 5. The van der Waals surface area contributed by atoms with Gasteiger partial charge in [0, 0.05) is 12.1 Å². The number of aryl methyl sites for hydroxylation is 1. The van der Waals surface area contributed by atoms with Gasteiger partial charge in [-0.05, 0) is 49.2 Å². The van der Waals surface area contributed by atoms with Crippen molar-refractivity contribution in [3.05, 3.63) is 59.2 Å². The lowest BCUT2D eigenvalue weighted by atomic mass is 10.0. The smallest absolute Gasteiger partial charge is 0.338 e. The van der Waals surface area contributed by atoms with Gasteiger partial charge in [0.25, 0.3) is 5.91 Å². The Morgan fingerprint density at radius 2 is 1.86 bits per heavy atom. The molecule has 8 nitrogen and oxygen atoms in total. The normalized spacial score (nSPS) is 15.6. The molecule has 0 saturated carbocycles. The van der Waals surface area contributed by atoms with Crippen LogP contribution in [0.25, 0.3) is 0 Å². The second-order valence-corrected chi connectivity index (χ2v) is 6.76. The molecule has 2 amide bonds. The molecule has 3 rings (SSSR count). The quantitative estimate of drug-likeness (QED) is 0.754. The maximum Gasteiger partial charge on any atom is 0.338 e. The van der Waals surface area contributed by atoms with Crippen LogP contribution in [0.5, 0.6) is 0 Å². The molecule has 1 aliphatic heterocycles. The summed E-state index contributed by atoms with van der Waals surface area (Å²) in [6.07, 6.45) is 0.0881. The SMILES string of the molecule is COC(=O)c1cc(NC(=O)C2=NN(c3ccccc3)C(C(N)=O)C2)cc(C)c1C. The third-order valence-corrected chi connectivity index (χ3v) is 4.85. The lowest BCUT2D eigenvalue weighted by Gasteiger charge is -2.20. The van der Waals surface area contributed by atoms with Crippen molar-refractivity contribution in [2.45, 2.75) is 26.3 Å². The van der Waals surface area contributed by atoms with Gasteiger partial charge in [-0.25, -0.2) is 4.79 Å². The largest absolute Gasteiger partial charge is 0.465 e. The molecule has 1 unspecified atom stereocenters. The molecule has 3 N–H and O–H groups in total. The summed E-state index contributed by atoms with van der Waals surface area (Å²) in [5.74, 6) is -1.52. The summed E-state index contributed by atoms with van der Waals surface area (Å²) < 4.78 is 4.80. The number of primary amides is 1. The first-order valence-electron chi connectivity index (χ1n) is 9.03. The van der Waals surface area contributed by atoms with E-state index in [0.717, 1.165) is 11.1 Å². The Labute approximate surface area is 168 Å². The van der Waals surface area contributed by atoms with Gasteiger partial charge in [0.1, 0.15) is 11.8 Å². The fourth-order valence-corrected chi connectivity index (χ4v) is 3.14. The highest BCUT2D eigenvalue weighted by Crippen LogP contribution is 2.25. The highest BCUT2D eigenvalue weighted by molar-refractivity contribution is 6.44. The van der Waals surface area contributed by atoms with E-state index in [2.05, 4.69) is 10.4 Å². The number of esters is 1. The van der Waals surface area contributed by atoms with Crippen LogP contribution < -0.4 is 16.1 Å². The van der Waals surface area contributed by atoms with Gasteiger partial charge in [-0.2, -0.15) is 5.10 Å². The molecule has 1 atom stereocenters. The third kappa shape index (κ3) is 4.11. The zero-order chi connectivity index (χ0) is 21.1. The topological polar surface area (TPSA) is 114 Å². The van der Waals surface area contributed by atoms with Crippen LogP contribution in [0.4, 0.5) is 11.4 Å². The predicted octanol–water partition coefficient (Wildman–Crippen LogP) is 2.15. The second-order valence-electron chi connectivity index (χ2n) is 6.76. The molecule has 0 fully saturated rings. The number of hydrogen-bond donors (Lipinski definition) is 2. The molecule has 0 spiro atoms. The highest BCUT2D eigenvalue weighted by atomic mass is 16.5. The van der Waals surface area contributed by atoms with Crippen molar-refractivity contribution in [2.24, 2.45) is 10.8 Å². The summed E-state index contributed by atoms with van der Waals surface area (Å²) in [7, 11) is 1.30. The fourth-order valence-electron chi connectivity index (χ4n) is 3.14. The number of carbonyl (C=O) groups is 3. The van der Waals surface area contributed by atoms with Crippen LogP contribution >= 0.6 is 0 Å². The van der Waals surface area contributed by atoms with Gasteiger partial charge in [-0.3, -0.25) is 14.6 Å². The number of ether oxygens (including phenoxy) is 1. The number of hydrazone groups is 1. The van der Waals surface area contributed by atoms with Gasteiger partial charge < -0.3 is 15.8 Å². The number of hydrogen-bond acceptors (Lipinski definition) is 6. The summed E-state index contributed by atoms with van der Waals surface area (Å²) in [6.45, 7) is 3.65. The summed E-state index contributed by atoms with van der Waals surface area (Å²) >= 11 is 0. The van der Waals surface area contributed by atoms with Crippen molar-refractivity contribution < 1.29 is 19.1 Å². The van der Waals surface area contributed by atoms with Gasteiger partial charge in [0.2, 0.25) is 5.91 Å². The van der Waals surface area contributed by atoms with Crippen LogP contribution in [0, 0.1) is 13.8 Å². The van der Waals surface area contributed by atoms with E-state index < -0.39 is 23.8 Å². The van der Waals surface area contributed by atoms with Crippen molar-refractivity contribution >= 4 is 34.9 Å². The average Bonchev–Trinajstić information content (AvgIpc) is 3.16. The summed E-state index contributed by atoms with van der Waals surface area (Å²) in [5.41, 5.74) is 8.77. The predicted molar refractivity (Wildman–Crippen MR) is 110 cm³/mol. The lowest BCUT2D eigenvalue weighted by Crippen LogP contribution is -2.39. The molecule has 8 heteroatoms. The van der Waals surface area contributed by atoms with Crippen LogP contribution in [-0.2, 0) is 14.3 Å². The van der Waals surface area contributed by atoms with Crippen LogP contribution in [0.15, 0.2) is 47.6 Å². The molecule has 2 aromatic carbocycles. The van der Waals surface area contributed by atoms with Crippen LogP contribution in [0.3, 0.4) is 0 Å². The Kier molecular flexibility index (Phi) is 5.63. The third-order valence-electron chi connectivity index (χ3n) is 4.85. The van der Waals surface area contributed by atoms with Crippen LogP contribution in [0.1, 0.15) is 27.9 Å². The number of carbonyl (C=O) groups excluding carboxylic acids is 3. The van der Waals surface area contributed by atoms with Crippen LogP contribution in [-0.4, -0.2) is 36.6 Å². The first-order chi connectivity index (χ1) is 13.8. The van der Waals surface area contributed by atoms with Crippen molar-refractivity contribution in [1.82, 2.24) is 0 Å². The first kappa shape index (κ1) is 20.1. The molecule has 0 aliphatic carbocycles. The standard InChI is InChI=1S/C21H22N4O4/c1-12-9-14(10-16(13(12)2)21(28)29-3)23-20(27)17-11-18(19(22)26)25(24-17)15-7-5-4-6-8-15/h4-10,18H,11H2,1-3H3,(H2,22,26)(H,23,27). The minimum Gasteiger partial charge on any atom is -0.465 e. The highest BCUT2D eigenvalue weighted by Gasteiger charge is 2.35. The summed E-state index contributed by atoms with van der Waals surface area (Å²) in [6, 6.07) is 11.6. The van der Waals surface area contributed by atoms with Crippen LogP contribution in [0.2, 0.25) is 0 Å². The maximum atomic E-state index is 12.8. The number of benzene rings is 2. The molecule has 150 valence electrons. The molecule has 1 aliphatic rings. The average molecular weight is 394 g/mol. The second kappa shape index (κ2) is 8.14. The van der Waals surface area contributed by atoms with Gasteiger partial charge in [-0.15, -0.1) is 0 Å². The van der Waals surface area contributed by atoms with E-state index in [1.54, 1.807) is 24.3 Å². The molecule has 0 saturated heterocycles. The van der Waals surface area contributed by atoms with Gasteiger partial charge in [-0.1, -0.05) is 18.2 Å². The minimum absolute atomic E-state index is 0.0881. The van der Waals surface area contributed by atoms with Gasteiger partial charge in [0.15, 0.2) is 0 Å². The molecule has 0 aromatic heterocycles. The van der Waals surface area contributed by atoms with E-state index in [-0.39, 0.29) is 12.1 Å². The molecule has 2 aromatic rings. The molecular weight excluding hydrogens is 372 g/mol.